The lowest BCUT2D eigenvalue weighted by Crippen LogP contribution is -2.50. The molecule has 2 heterocycles. The number of carbonyl (C=O) groups is 1. The summed E-state index contributed by atoms with van der Waals surface area (Å²) in [6.07, 6.45) is 0.639. The van der Waals surface area contributed by atoms with Crippen molar-refractivity contribution in [1.29, 1.82) is 0 Å². The molecule has 2 aliphatic heterocycles. The zero-order valence-electron chi connectivity index (χ0n) is 13.8. The molecule has 25 heavy (non-hydrogen) atoms. The minimum Gasteiger partial charge on any atom is -0.399 e. The number of rotatable bonds is 4. The van der Waals surface area contributed by atoms with Gasteiger partial charge in [-0.1, -0.05) is 42.5 Å². The fraction of sp³-hybridized carbons (Fsp3) is 0.263. The molecule has 6 nitrogen and oxygen atoms in total. The maximum atomic E-state index is 12.2. The number of nitrogens with zero attached hydrogens (tertiary/aromatic N) is 2. The van der Waals surface area contributed by atoms with E-state index >= 15 is 0 Å². The summed E-state index contributed by atoms with van der Waals surface area (Å²) in [6, 6.07) is 17.3. The largest absolute Gasteiger partial charge is 0.399 e. The third-order valence-electron chi connectivity index (χ3n) is 4.58. The van der Waals surface area contributed by atoms with Crippen molar-refractivity contribution in [1.82, 2.24) is 10.3 Å². The Balaban J connectivity index is 1.49. The van der Waals surface area contributed by atoms with E-state index in [9.17, 15) is 4.79 Å². The summed E-state index contributed by atoms with van der Waals surface area (Å²) in [5.74, 6) is 0.654. The second-order valence-electron chi connectivity index (χ2n) is 6.36. The van der Waals surface area contributed by atoms with Crippen molar-refractivity contribution in [3.05, 3.63) is 65.7 Å². The van der Waals surface area contributed by atoms with Crippen LogP contribution in [0.4, 0.5) is 5.69 Å². The van der Waals surface area contributed by atoms with E-state index in [1.807, 2.05) is 59.5 Å². The smallest absolute Gasteiger partial charge is 0.262 e. The molecule has 0 aromatic heterocycles. The zero-order valence-corrected chi connectivity index (χ0v) is 13.8. The van der Waals surface area contributed by atoms with Gasteiger partial charge in [0, 0.05) is 24.2 Å². The summed E-state index contributed by atoms with van der Waals surface area (Å²) in [4.78, 5) is 14.2. The van der Waals surface area contributed by atoms with Crippen molar-refractivity contribution in [3.63, 3.8) is 0 Å². The van der Waals surface area contributed by atoms with Gasteiger partial charge in [0.2, 0.25) is 0 Å². The normalized spacial score (nSPS) is 22.3. The first kappa shape index (κ1) is 15.7. The molecule has 0 spiro atoms. The lowest BCUT2D eigenvalue weighted by molar-refractivity contribution is -0.125. The lowest BCUT2D eigenvalue weighted by atomic mass is 10.1. The SMILES string of the molecule is Nc1cccc(C2=NNC(=O)[C@@H]3C[C@@H](OCc4ccccc4)CN23)c1. The van der Waals surface area contributed by atoms with Crippen LogP contribution in [0.25, 0.3) is 0 Å². The summed E-state index contributed by atoms with van der Waals surface area (Å²) in [6.45, 7) is 1.18. The summed E-state index contributed by atoms with van der Waals surface area (Å²) in [5, 5.41) is 4.25. The van der Waals surface area contributed by atoms with E-state index in [-0.39, 0.29) is 18.1 Å². The van der Waals surface area contributed by atoms with Crippen LogP contribution in [-0.4, -0.2) is 35.3 Å². The number of carbonyl (C=O) groups excluding carboxylic acids is 1. The van der Waals surface area contributed by atoms with Gasteiger partial charge < -0.3 is 15.4 Å². The number of hydrogen-bond donors (Lipinski definition) is 2. The number of benzene rings is 2. The molecule has 0 unspecified atom stereocenters. The minimum atomic E-state index is -0.255. The van der Waals surface area contributed by atoms with Crippen LogP contribution in [0.15, 0.2) is 59.7 Å². The Morgan fingerprint density at radius 3 is 2.84 bits per heavy atom. The van der Waals surface area contributed by atoms with Gasteiger partial charge in [-0.25, -0.2) is 5.43 Å². The average Bonchev–Trinajstić information content (AvgIpc) is 3.06. The van der Waals surface area contributed by atoms with E-state index in [0.717, 1.165) is 17.0 Å². The number of amides is 1. The first-order valence-electron chi connectivity index (χ1n) is 8.36. The number of anilines is 1. The standard InChI is InChI=1S/C19H20N4O2/c20-15-8-4-7-14(9-15)18-21-22-19(24)17-10-16(11-23(17)18)25-12-13-5-2-1-3-6-13/h1-9,16-17H,10-12,20H2,(H,22,24)/t16-,17+/m1/s1. The van der Waals surface area contributed by atoms with Gasteiger partial charge in [-0.15, -0.1) is 0 Å². The number of hydrogen-bond acceptors (Lipinski definition) is 5. The molecule has 4 rings (SSSR count). The second-order valence-corrected chi connectivity index (χ2v) is 6.36. The van der Waals surface area contributed by atoms with Crippen LogP contribution >= 0.6 is 0 Å². The fourth-order valence-electron chi connectivity index (χ4n) is 3.34. The Hall–Kier alpha value is -2.86. The van der Waals surface area contributed by atoms with Gasteiger partial charge in [0.05, 0.1) is 12.7 Å². The van der Waals surface area contributed by atoms with E-state index in [4.69, 9.17) is 10.5 Å². The van der Waals surface area contributed by atoms with Crippen LogP contribution < -0.4 is 11.2 Å². The van der Waals surface area contributed by atoms with Crippen LogP contribution in [0.5, 0.6) is 0 Å². The highest BCUT2D eigenvalue weighted by atomic mass is 16.5. The number of ether oxygens (including phenoxy) is 1. The number of fused-ring (bicyclic) bond motifs is 1. The van der Waals surface area contributed by atoms with Crippen molar-refractivity contribution < 1.29 is 9.53 Å². The number of amidine groups is 1. The molecule has 128 valence electrons. The van der Waals surface area contributed by atoms with Gasteiger partial charge in [-0.05, 0) is 17.7 Å². The third-order valence-corrected chi connectivity index (χ3v) is 4.58. The van der Waals surface area contributed by atoms with E-state index in [1.165, 1.54) is 0 Å². The predicted molar refractivity (Wildman–Crippen MR) is 95.7 cm³/mol. The Bertz CT molecular complexity index is 806. The van der Waals surface area contributed by atoms with Crippen molar-refractivity contribution in [2.75, 3.05) is 12.3 Å². The molecule has 0 bridgehead atoms. The molecule has 2 aromatic rings. The number of nitrogens with two attached hydrogens (primary N) is 1. The lowest BCUT2D eigenvalue weighted by Gasteiger charge is -2.30. The number of hydrazone groups is 1. The van der Waals surface area contributed by atoms with Crippen molar-refractivity contribution in [3.8, 4) is 0 Å². The summed E-state index contributed by atoms with van der Waals surface area (Å²) in [7, 11) is 0. The van der Waals surface area contributed by atoms with Crippen LogP contribution in [0.3, 0.4) is 0 Å². The van der Waals surface area contributed by atoms with Gasteiger partial charge in [0.15, 0.2) is 5.84 Å². The molecule has 3 N–H and O–H groups in total. The zero-order chi connectivity index (χ0) is 17.2. The molecule has 0 radical (unpaired) electrons. The minimum absolute atomic E-state index is 0.0136. The monoisotopic (exact) mass is 336 g/mol. The van der Waals surface area contributed by atoms with Crippen LogP contribution in [0.2, 0.25) is 0 Å². The molecular weight excluding hydrogens is 316 g/mol. The molecule has 0 aliphatic carbocycles. The molecular formula is C19H20N4O2. The molecule has 1 amide bonds. The van der Waals surface area contributed by atoms with Gasteiger partial charge in [0.25, 0.3) is 5.91 Å². The van der Waals surface area contributed by atoms with Gasteiger partial charge in [0.1, 0.15) is 6.04 Å². The van der Waals surface area contributed by atoms with Gasteiger partial charge >= 0.3 is 0 Å². The molecule has 0 saturated carbocycles. The third kappa shape index (κ3) is 3.21. The summed E-state index contributed by atoms with van der Waals surface area (Å²) >= 11 is 0. The van der Waals surface area contributed by atoms with Crippen LogP contribution in [-0.2, 0) is 16.1 Å². The van der Waals surface area contributed by atoms with Gasteiger partial charge in [-0.2, -0.15) is 5.10 Å². The summed E-state index contributed by atoms with van der Waals surface area (Å²) < 4.78 is 6.04. The van der Waals surface area contributed by atoms with Crippen molar-refractivity contribution in [2.24, 2.45) is 5.10 Å². The highest BCUT2D eigenvalue weighted by Crippen LogP contribution is 2.26. The van der Waals surface area contributed by atoms with Gasteiger partial charge in [-0.3, -0.25) is 4.79 Å². The summed E-state index contributed by atoms with van der Waals surface area (Å²) in [5.41, 5.74) is 11.2. The Kier molecular flexibility index (Phi) is 4.11. The second kappa shape index (κ2) is 6.57. The Morgan fingerprint density at radius 1 is 1.20 bits per heavy atom. The van der Waals surface area contributed by atoms with E-state index in [2.05, 4.69) is 10.5 Å². The van der Waals surface area contributed by atoms with Crippen LogP contribution in [0.1, 0.15) is 17.5 Å². The predicted octanol–water partition coefficient (Wildman–Crippen LogP) is 1.72. The molecule has 1 saturated heterocycles. The van der Waals surface area contributed by atoms with E-state index in [1.54, 1.807) is 0 Å². The Labute approximate surface area is 146 Å². The number of nitrogens with one attached hydrogen (secondary N) is 1. The highest BCUT2D eigenvalue weighted by molar-refractivity contribution is 6.04. The first-order chi connectivity index (χ1) is 12.2. The maximum absolute atomic E-state index is 12.2. The highest BCUT2D eigenvalue weighted by Gasteiger charge is 2.41. The topological polar surface area (TPSA) is 79.9 Å². The molecule has 2 aromatic carbocycles. The number of nitrogen functional groups attached to an aromatic ring is 1. The van der Waals surface area contributed by atoms with E-state index < -0.39 is 0 Å². The fourth-order valence-corrected chi connectivity index (χ4v) is 3.34. The molecule has 1 fully saturated rings. The first-order valence-corrected chi connectivity index (χ1v) is 8.36. The quantitative estimate of drug-likeness (QED) is 0.833. The van der Waals surface area contributed by atoms with Crippen LogP contribution in [0, 0.1) is 0 Å². The molecule has 2 aliphatic rings. The average molecular weight is 336 g/mol. The molecule has 2 atom stereocenters. The van der Waals surface area contributed by atoms with E-state index in [0.29, 0.717) is 25.3 Å². The Morgan fingerprint density at radius 2 is 2.04 bits per heavy atom. The molecule has 6 heteroatoms. The van der Waals surface area contributed by atoms with Crippen molar-refractivity contribution >= 4 is 17.4 Å². The maximum Gasteiger partial charge on any atom is 0.262 e. The van der Waals surface area contributed by atoms with Crippen molar-refractivity contribution in [2.45, 2.75) is 25.2 Å².